The summed E-state index contributed by atoms with van der Waals surface area (Å²) in [4.78, 5) is 16.5. The molecule has 3 aromatic heterocycles. The summed E-state index contributed by atoms with van der Waals surface area (Å²) in [6.07, 6.45) is 1.86. The fraction of sp³-hybridized carbons (Fsp3) is 0.0588. The van der Waals surface area contributed by atoms with Crippen LogP contribution in [0, 0.1) is 0 Å². The number of fused-ring (bicyclic) bond motifs is 1. The van der Waals surface area contributed by atoms with E-state index < -0.39 is 0 Å². The molecule has 7 nitrogen and oxygen atoms in total. The summed E-state index contributed by atoms with van der Waals surface area (Å²) in [5.74, 6) is 0.662. The van der Waals surface area contributed by atoms with Gasteiger partial charge in [0.2, 0.25) is 0 Å². The fourth-order valence-electron chi connectivity index (χ4n) is 2.38. The molecule has 8 heteroatoms. The molecule has 2 amide bonds. The average molecular weight is 350 g/mol. The molecule has 0 unspecified atom stereocenters. The van der Waals surface area contributed by atoms with Crippen LogP contribution in [0.25, 0.3) is 16.9 Å². The predicted octanol–water partition coefficient (Wildman–Crippen LogP) is 3.17. The van der Waals surface area contributed by atoms with Crippen LogP contribution in [0.1, 0.15) is 5.82 Å². The van der Waals surface area contributed by atoms with Crippen LogP contribution in [-0.4, -0.2) is 25.6 Å². The van der Waals surface area contributed by atoms with E-state index in [9.17, 15) is 4.79 Å². The van der Waals surface area contributed by atoms with Gasteiger partial charge in [0.1, 0.15) is 0 Å². The summed E-state index contributed by atoms with van der Waals surface area (Å²) in [6, 6.07) is 15.1. The number of hydrogen-bond acceptors (Lipinski definition) is 5. The molecule has 2 N–H and O–H groups in total. The van der Waals surface area contributed by atoms with E-state index in [1.54, 1.807) is 0 Å². The van der Waals surface area contributed by atoms with Crippen molar-refractivity contribution in [2.45, 2.75) is 6.54 Å². The van der Waals surface area contributed by atoms with Gasteiger partial charge < -0.3 is 5.32 Å². The fourth-order valence-corrected chi connectivity index (χ4v) is 3.10. The quantitative estimate of drug-likeness (QED) is 0.592. The Morgan fingerprint density at radius 2 is 1.92 bits per heavy atom. The maximum atomic E-state index is 12.1. The molecule has 0 aliphatic carbocycles. The van der Waals surface area contributed by atoms with Gasteiger partial charge in [0.05, 0.1) is 12.2 Å². The second-order valence-corrected chi connectivity index (χ2v) is 6.11. The minimum Gasteiger partial charge on any atom is -0.330 e. The van der Waals surface area contributed by atoms with E-state index in [2.05, 4.69) is 25.8 Å². The first-order valence-electron chi connectivity index (χ1n) is 7.64. The van der Waals surface area contributed by atoms with Gasteiger partial charge in [-0.2, -0.15) is 0 Å². The van der Waals surface area contributed by atoms with E-state index in [1.165, 1.54) is 11.3 Å². The van der Waals surface area contributed by atoms with Crippen LogP contribution in [0.4, 0.5) is 9.93 Å². The first-order chi connectivity index (χ1) is 12.3. The van der Waals surface area contributed by atoms with Crippen molar-refractivity contribution in [3.8, 4) is 11.3 Å². The second-order valence-electron chi connectivity index (χ2n) is 5.26. The zero-order valence-corrected chi connectivity index (χ0v) is 13.9. The number of anilines is 1. The molecule has 4 aromatic rings. The van der Waals surface area contributed by atoms with E-state index in [4.69, 9.17) is 0 Å². The summed E-state index contributed by atoms with van der Waals surface area (Å²) in [6.45, 7) is 0.272. The molecular formula is C17H14N6OS. The molecule has 25 heavy (non-hydrogen) atoms. The number of amides is 2. The second kappa shape index (κ2) is 6.70. The van der Waals surface area contributed by atoms with Crippen LogP contribution in [-0.2, 0) is 6.54 Å². The highest BCUT2D eigenvalue weighted by atomic mass is 32.1. The number of nitrogens with zero attached hydrogens (tertiary/aromatic N) is 4. The molecule has 1 aromatic carbocycles. The summed E-state index contributed by atoms with van der Waals surface area (Å²) in [5.41, 5.74) is 2.60. The van der Waals surface area contributed by atoms with Crippen molar-refractivity contribution >= 4 is 28.1 Å². The van der Waals surface area contributed by atoms with Gasteiger partial charge in [0.15, 0.2) is 16.6 Å². The normalized spacial score (nSPS) is 10.7. The molecule has 0 aliphatic heterocycles. The third-order valence-corrected chi connectivity index (χ3v) is 4.34. The minimum absolute atomic E-state index is 0.272. The Morgan fingerprint density at radius 3 is 2.80 bits per heavy atom. The number of carbonyl (C=O) groups is 1. The number of thiazole rings is 1. The summed E-state index contributed by atoms with van der Waals surface area (Å²) < 4.78 is 1.83. The number of carbonyl (C=O) groups excluding carboxylic acids is 1. The lowest BCUT2D eigenvalue weighted by molar-refractivity contribution is 0.251. The van der Waals surface area contributed by atoms with Crippen LogP contribution < -0.4 is 10.6 Å². The van der Waals surface area contributed by atoms with Crippen molar-refractivity contribution in [1.29, 1.82) is 0 Å². The molecule has 0 saturated heterocycles. The van der Waals surface area contributed by atoms with Crippen LogP contribution in [0.5, 0.6) is 0 Å². The first kappa shape index (κ1) is 15.3. The molecule has 0 fully saturated rings. The largest absolute Gasteiger partial charge is 0.330 e. The van der Waals surface area contributed by atoms with Gasteiger partial charge >= 0.3 is 6.03 Å². The maximum Gasteiger partial charge on any atom is 0.321 e. The van der Waals surface area contributed by atoms with Crippen molar-refractivity contribution in [3.63, 3.8) is 0 Å². The van der Waals surface area contributed by atoms with Crippen molar-refractivity contribution in [2.24, 2.45) is 0 Å². The molecule has 4 rings (SSSR count). The highest BCUT2D eigenvalue weighted by Crippen LogP contribution is 2.24. The van der Waals surface area contributed by atoms with Crippen molar-refractivity contribution in [3.05, 3.63) is 65.9 Å². The first-order valence-corrected chi connectivity index (χ1v) is 8.52. The zero-order valence-electron chi connectivity index (χ0n) is 13.1. The lowest BCUT2D eigenvalue weighted by Gasteiger charge is -2.04. The van der Waals surface area contributed by atoms with Crippen LogP contribution in [0.2, 0.25) is 0 Å². The number of nitrogens with one attached hydrogen (secondary N) is 2. The van der Waals surface area contributed by atoms with Crippen molar-refractivity contribution in [2.75, 3.05) is 5.32 Å². The minimum atomic E-state index is -0.332. The number of rotatable bonds is 4. The molecule has 0 aliphatic rings. The Kier molecular flexibility index (Phi) is 4.09. The molecule has 0 atom stereocenters. The number of hydrogen-bond donors (Lipinski definition) is 2. The lowest BCUT2D eigenvalue weighted by Crippen LogP contribution is -2.28. The number of benzene rings is 1. The van der Waals surface area contributed by atoms with Crippen LogP contribution >= 0.6 is 11.3 Å². The van der Waals surface area contributed by atoms with Gasteiger partial charge in [-0.1, -0.05) is 36.4 Å². The van der Waals surface area contributed by atoms with E-state index in [0.717, 1.165) is 16.9 Å². The smallest absolute Gasteiger partial charge is 0.321 e. The van der Waals surface area contributed by atoms with Crippen molar-refractivity contribution in [1.82, 2.24) is 24.9 Å². The van der Waals surface area contributed by atoms with E-state index >= 15 is 0 Å². The van der Waals surface area contributed by atoms with E-state index in [-0.39, 0.29) is 12.6 Å². The summed E-state index contributed by atoms with van der Waals surface area (Å²) >= 11 is 1.38. The topological polar surface area (TPSA) is 84.2 Å². The predicted molar refractivity (Wildman–Crippen MR) is 96.4 cm³/mol. The van der Waals surface area contributed by atoms with Gasteiger partial charge in [-0.3, -0.25) is 9.72 Å². The third-order valence-electron chi connectivity index (χ3n) is 3.59. The average Bonchev–Trinajstić information content (AvgIpc) is 3.28. The molecule has 124 valence electrons. The van der Waals surface area contributed by atoms with Gasteiger partial charge in [-0.05, 0) is 12.1 Å². The summed E-state index contributed by atoms with van der Waals surface area (Å²) in [7, 11) is 0. The molecular weight excluding hydrogens is 336 g/mol. The molecule has 3 heterocycles. The van der Waals surface area contributed by atoms with E-state index in [1.807, 2.05) is 64.5 Å². The molecule has 0 radical (unpaired) electrons. The third kappa shape index (κ3) is 3.33. The SMILES string of the molecule is O=C(NCc1nnc2ccccn12)Nc1nc(-c2ccccc2)cs1. The lowest BCUT2D eigenvalue weighted by atomic mass is 10.2. The Morgan fingerprint density at radius 1 is 1.08 bits per heavy atom. The molecule has 0 bridgehead atoms. The van der Waals surface area contributed by atoms with Gasteiger partial charge in [0, 0.05) is 17.1 Å². The Hall–Kier alpha value is -3.26. The Labute approximate surface area is 147 Å². The number of aromatic nitrogens is 4. The van der Waals surface area contributed by atoms with Gasteiger partial charge in [-0.25, -0.2) is 9.78 Å². The standard InChI is InChI=1S/C17H14N6OS/c24-16(18-10-15-22-21-14-8-4-5-9-23(14)15)20-17-19-13(11-25-17)12-6-2-1-3-7-12/h1-9,11H,10H2,(H2,18,19,20,24). The maximum absolute atomic E-state index is 12.1. The zero-order chi connectivity index (χ0) is 17.1. The highest BCUT2D eigenvalue weighted by molar-refractivity contribution is 7.14. The monoisotopic (exact) mass is 350 g/mol. The van der Waals surface area contributed by atoms with Gasteiger partial charge in [0.25, 0.3) is 0 Å². The number of urea groups is 1. The molecule has 0 saturated carbocycles. The van der Waals surface area contributed by atoms with Crippen molar-refractivity contribution < 1.29 is 4.79 Å². The summed E-state index contributed by atoms with van der Waals surface area (Å²) in [5, 5.41) is 16.1. The van der Waals surface area contributed by atoms with E-state index in [0.29, 0.717) is 11.0 Å². The number of pyridine rings is 1. The molecule has 0 spiro atoms. The van der Waals surface area contributed by atoms with Crippen LogP contribution in [0.3, 0.4) is 0 Å². The van der Waals surface area contributed by atoms with Crippen LogP contribution in [0.15, 0.2) is 60.1 Å². The Bertz CT molecular complexity index is 1010. The van der Waals surface area contributed by atoms with Gasteiger partial charge in [-0.15, -0.1) is 21.5 Å². The Balaban J connectivity index is 1.39. The highest BCUT2D eigenvalue weighted by Gasteiger charge is 2.09.